The summed E-state index contributed by atoms with van der Waals surface area (Å²) in [4.78, 5) is 23.2. The van der Waals surface area contributed by atoms with Crippen LogP contribution >= 0.6 is 11.3 Å². The molecule has 1 saturated heterocycles. The molecule has 0 aromatic carbocycles. The second kappa shape index (κ2) is 3.77. The third-order valence-corrected chi connectivity index (χ3v) is 3.64. The molecule has 1 fully saturated rings. The minimum atomic E-state index is -0.916. The van der Waals surface area contributed by atoms with E-state index in [1.807, 2.05) is 16.8 Å². The van der Waals surface area contributed by atoms with Crippen LogP contribution in [0.4, 0.5) is 0 Å². The number of thiophene rings is 1. The monoisotopic (exact) mass is 224 g/mol. The summed E-state index contributed by atoms with van der Waals surface area (Å²) in [6.45, 7) is 1.83. The number of ether oxygens (including phenoxy) is 1. The summed E-state index contributed by atoms with van der Waals surface area (Å²) in [5.74, 6) is -0.447. The van der Waals surface area contributed by atoms with Crippen LogP contribution in [-0.2, 0) is 20.7 Å². The molecular formula is C11H12O3S. The topological polar surface area (TPSA) is 43.4 Å². The van der Waals surface area contributed by atoms with Gasteiger partial charge in [-0.3, -0.25) is 9.59 Å². The van der Waals surface area contributed by atoms with Crippen molar-refractivity contribution in [2.45, 2.75) is 19.8 Å². The highest BCUT2D eigenvalue weighted by Gasteiger charge is 2.48. The molecule has 2 rings (SSSR count). The number of ketones is 1. The quantitative estimate of drug-likeness (QED) is 0.581. The second-order valence-corrected chi connectivity index (χ2v) is 4.61. The van der Waals surface area contributed by atoms with E-state index in [0.717, 1.165) is 5.56 Å². The van der Waals surface area contributed by atoms with Gasteiger partial charge in [-0.15, -0.1) is 0 Å². The fourth-order valence-corrected chi connectivity index (χ4v) is 2.57. The highest BCUT2D eigenvalue weighted by Crippen LogP contribution is 2.35. The third kappa shape index (κ3) is 1.69. The molecule has 1 aliphatic heterocycles. The van der Waals surface area contributed by atoms with Gasteiger partial charge >= 0.3 is 5.97 Å². The van der Waals surface area contributed by atoms with Crippen molar-refractivity contribution < 1.29 is 14.3 Å². The van der Waals surface area contributed by atoms with Gasteiger partial charge in [0.15, 0.2) is 0 Å². The maximum Gasteiger partial charge on any atom is 0.320 e. The van der Waals surface area contributed by atoms with E-state index in [1.165, 1.54) is 6.92 Å². The van der Waals surface area contributed by atoms with Gasteiger partial charge in [-0.2, -0.15) is 11.3 Å². The van der Waals surface area contributed by atoms with Crippen molar-refractivity contribution in [3.05, 3.63) is 22.4 Å². The van der Waals surface area contributed by atoms with E-state index < -0.39 is 5.41 Å². The Labute approximate surface area is 92.1 Å². The molecule has 2 heterocycles. The SMILES string of the molecule is CC(=O)C1(Cc2ccsc2)CCOC1=O. The lowest BCUT2D eigenvalue weighted by atomic mass is 9.78. The largest absolute Gasteiger partial charge is 0.465 e. The number of carbonyl (C=O) groups excluding carboxylic acids is 2. The highest BCUT2D eigenvalue weighted by molar-refractivity contribution is 7.07. The molecule has 0 saturated carbocycles. The zero-order chi connectivity index (χ0) is 10.9. The Bertz CT molecular complexity index is 383. The van der Waals surface area contributed by atoms with E-state index in [4.69, 9.17) is 4.74 Å². The minimum absolute atomic E-state index is 0.0869. The smallest absolute Gasteiger partial charge is 0.320 e. The van der Waals surface area contributed by atoms with Crippen molar-refractivity contribution in [3.63, 3.8) is 0 Å². The predicted molar refractivity (Wildman–Crippen MR) is 56.7 cm³/mol. The summed E-state index contributed by atoms with van der Waals surface area (Å²) in [6.07, 6.45) is 0.988. The molecule has 3 nitrogen and oxygen atoms in total. The van der Waals surface area contributed by atoms with Gasteiger partial charge in [0.25, 0.3) is 0 Å². The molecule has 15 heavy (non-hydrogen) atoms. The average Bonchev–Trinajstić information content (AvgIpc) is 2.78. The summed E-state index contributed by atoms with van der Waals surface area (Å²) in [5, 5.41) is 3.92. The molecule has 1 aromatic heterocycles. The first kappa shape index (κ1) is 10.4. The van der Waals surface area contributed by atoms with Crippen LogP contribution in [-0.4, -0.2) is 18.4 Å². The van der Waals surface area contributed by atoms with Gasteiger partial charge < -0.3 is 4.74 Å². The van der Waals surface area contributed by atoms with Crippen LogP contribution in [0.1, 0.15) is 18.9 Å². The molecule has 0 bridgehead atoms. The second-order valence-electron chi connectivity index (χ2n) is 3.83. The van der Waals surface area contributed by atoms with Crippen LogP contribution in [0.2, 0.25) is 0 Å². The third-order valence-electron chi connectivity index (χ3n) is 2.91. The predicted octanol–water partition coefficient (Wildman–Crippen LogP) is 1.81. The Kier molecular flexibility index (Phi) is 2.61. The van der Waals surface area contributed by atoms with Crippen LogP contribution in [0, 0.1) is 5.41 Å². The first-order valence-electron chi connectivity index (χ1n) is 4.84. The van der Waals surface area contributed by atoms with Gasteiger partial charge in [0.1, 0.15) is 11.2 Å². The Morgan fingerprint density at radius 1 is 1.67 bits per heavy atom. The lowest BCUT2D eigenvalue weighted by molar-refractivity contribution is -0.150. The number of cyclic esters (lactones) is 1. The molecule has 1 aromatic rings. The average molecular weight is 224 g/mol. The molecule has 1 unspecified atom stereocenters. The Hall–Kier alpha value is -1.16. The minimum Gasteiger partial charge on any atom is -0.465 e. The number of hydrogen-bond acceptors (Lipinski definition) is 4. The van der Waals surface area contributed by atoms with Crippen molar-refractivity contribution in [1.29, 1.82) is 0 Å². The van der Waals surface area contributed by atoms with Crippen LogP contribution < -0.4 is 0 Å². The molecule has 0 radical (unpaired) electrons. The summed E-state index contributed by atoms with van der Waals surface area (Å²) in [7, 11) is 0. The highest BCUT2D eigenvalue weighted by atomic mass is 32.1. The summed E-state index contributed by atoms with van der Waals surface area (Å²) in [6, 6.07) is 1.95. The van der Waals surface area contributed by atoms with E-state index in [0.29, 0.717) is 19.4 Å². The fourth-order valence-electron chi connectivity index (χ4n) is 1.90. The fraction of sp³-hybridized carbons (Fsp3) is 0.455. The van der Waals surface area contributed by atoms with E-state index >= 15 is 0 Å². The van der Waals surface area contributed by atoms with Crippen molar-refractivity contribution >= 4 is 23.1 Å². The first-order chi connectivity index (χ1) is 7.15. The van der Waals surface area contributed by atoms with Crippen LogP contribution in [0.15, 0.2) is 16.8 Å². The van der Waals surface area contributed by atoms with Crippen LogP contribution in [0.3, 0.4) is 0 Å². The molecule has 4 heteroatoms. The Morgan fingerprint density at radius 2 is 2.47 bits per heavy atom. The zero-order valence-corrected chi connectivity index (χ0v) is 9.30. The van der Waals surface area contributed by atoms with Crippen LogP contribution in [0.5, 0.6) is 0 Å². The lowest BCUT2D eigenvalue weighted by Gasteiger charge is -2.20. The van der Waals surface area contributed by atoms with Gasteiger partial charge in [-0.1, -0.05) is 0 Å². The van der Waals surface area contributed by atoms with Crippen molar-refractivity contribution in [2.75, 3.05) is 6.61 Å². The van der Waals surface area contributed by atoms with E-state index in [1.54, 1.807) is 11.3 Å². The Morgan fingerprint density at radius 3 is 2.93 bits per heavy atom. The molecule has 0 amide bonds. The van der Waals surface area contributed by atoms with Crippen molar-refractivity contribution in [3.8, 4) is 0 Å². The van der Waals surface area contributed by atoms with Crippen molar-refractivity contribution in [2.24, 2.45) is 5.41 Å². The molecule has 0 aliphatic carbocycles. The van der Waals surface area contributed by atoms with Gasteiger partial charge in [-0.25, -0.2) is 0 Å². The normalized spacial score (nSPS) is 25.3. The Balaban J connectivity index is 2.28. The van der Waals surface area contributed by atoms with Gasteiger partial charge in [0, 0.05) is 6.42 Å². The molecule has 1 atom stereocenters. The van der Waals surface area contributed by atoms with Gasteiger partial charge in [-0.05, 0) is 35.7 Å². The summed E-state index contributed by atoms with van der Waals surface area (Å²) in [5.41, 5.74) is 0.121. The molecule has 1 aliphatic rings. The number of rotatable bonds is 3. The number of carbonyl (C=O) groups is 2. The number of hydrogen-bond donors (Lipinski definition) is 0. The maximum atomic E-state index is 11.6. The van der Waals surface area contributed by atoms with Crippen molar-refractivity contribution in [1.82, 2.24) is 0 Å². The van der Waals surface area contributed by atoms with Gasteiger partial charge in [0.05, 0.1) is 6.61 Å². The van der Waals surface area contributed by atoms with Crippen LogP contribution in [0.25, 0.3) is 0 Å². The standard InChI is InChI=1S/C11H12O3S/c1-8(12)11(3-4-14-10(11)13)6-9-2-5-15-7-9/h2,5,7H,3-4,6H2,1H3. The molecule has 80 valence electrons. The summed E-state index contributed by atoms with van der Waals surface area (Å²) >= 11 is 1.57. The molecule has 0 N–H and O–H groups in total. The number of esters is 1. The lowest BCUT2D eigenvalue weighted by Crippen LogP contribution is -2.36. The molecular weight excluding hydrogens is 212 g/mol. The molecule has 0 spiro atoms. The van der Waals surface area contributed by atoms with E-state index in [9.17, 15) is 9.59 Å². The zero-order valence-electron chi connectivity index (χ0n) is 8.49. The first-order valence-corrected chi connectivity index (χ1v) is 5.79. The van der Waals surface area contributed by atoms with Gasteiger partial charge in [0.2, 0.25) is 0 Å². The summed E-state index contributed by atoms with van der Waals surface area (Å²) < 4.78 is 4.92. The van der Waals surface area contributed by atoms with E-state index in [2.05, 4.69) is 0 Å². The maximum absolute atomic E-state index is 11.6. The van der Waals surface area contributed by atoms with E-state index in [-0.39, 0.29) is 11.8 Å². The number of Topliss-reactive ketones (excluding diaryl/α,β-unsaturated/α-hetero) is 1.